The van der Waals surface area contributed by atoms with Crippen molar-refractivity contribution >= 4 is 11.9 Å². The van der Waals surface area contributed by atoms with Gasteiger partial charge in [0.2, 0.25) is 0 Å². The van der Waals surface area contributed by atoms with Crippen LogP contribution < -0.4 is 5.32 Å². The molecule has 4 nitrogen and oxygen atoms in total. The van der Waals surface area contributed by atoms with E-state index in [1.165, 1.54) is 0 Å². The summed E-state index contributed by atoms with van der Waals surface area (Å²) in [7, 11) is 0. The van der Waals surface area contributed by atoms with E-state index in [0.29, 0.717) is 0 Å². The van der Waals surface area contributed by atoms with Crippen LogP contribution in [0.2, 0.25) is 0 Å². The minimum Gasteiger partial charge on any atom is -0.481 e. The van der Waals surface area contributed by atoms with E-state index in [4.69, 9.17) is 5.11 Å². The lowest BCUT2D eigenvalue weighted by Gasteiger charge is -2.23. The van der Waals surface area contributed by atoms with E-state index in [0.717, 1.165) is 0 Å². The van der Waals surface area contributed by atoms with E-state index in [-0.39, 0.29) is 11.8 Å². The maximum Gasteiger partial charge on any atom is 0.471 e. The number of carbonyl (C=O) groups excluding carboxylic acids is 1. The first-order chi connectivity index (χ1) is 7.43. The lowest BCUT2D eigenvalue weighted by molar-refractivity contribution is -0.174. The number of rotatable bonds is 4. The fraction of sp³-hybridized carbons (Fsp3) is 0.800. The fourth-order valence-electron chi connectivity index (χ4n) is 1.30. The molecule has 1 atom stereocenters. The number of nitrogens with one attached hydrogen (secondary N) is 1. The van der Waals surface area contributed by atoms with Crippen molar-refractivity contribution in [3.8, 4) is 0 Å². The van der Waals surface area contributed by atoms with Crippen molar-refractivity contribution < 1.29 is 27.9 Å². The van der Waals surface area contributed by atoms with Crippen LogP contribution in [0.3, 0.4) is 0 Å². The highest BCUT2D eigenvalue weighted by Crippen LogP contribution is 2.24. The summed E-state index contributed by atoms with van der Waals surface area (Å²) >= 11 is 0. The van der Waals surface area contributed by atoms with Gasteiger partial charge in [-0.1, -0.05) is 20.8 Å². The molecule has 1 amide bonds. The summed E-state index contributed by atoms with van der Waals surface area (Å²) in [5.74, 6) is -4.36. The Morgan fingerprint density at radius 3 is 2.00 bits per heavy atom. The number of aliphatic carboxylic acids is 1. The van der Waals surface area contributed by atoms with Crippen LogP contribution in [0, 0.1) is 11.3 Å². The maximum absolute atomic E-state index is 11.9. The molecule has 0 aromatic carbocycles. The summed E-state index contributed by atoms with van der Waals surface area (Å²) in [5.41, 5.74) is -0.341. The van der Waals surface area contributed by atoms with Gasteiger partial charge in [-0.2, -0.15) is 13.2 Å². The van der Waals surface area contributed by atoms with Gasteiger partial charge in [0.25, 0.3) is 0 Å². The molecule has 0 aliphatic rings. The lowest BCUT2D eigenvalue weighted by atomic mass is 9.84. The summed E-state index contributed by atoms with van der Waals surface area (Å²) in [4.78, 5) is 21.3. The third kappa shape index (κ3) is 6.80. The Kier molecular flexibility index (Phi) is 4.97. The zero-order chi connectivity index (χ0) is 13.9. The molecule has 0 bridgehead atoms. The summed E-state index contributed by atoms with van der Waals surface area (Å²) in [6, 6.07) is 0. The number of alkyl halides is 3. The number of halogens is 3. The standard InChI is InChI=1S/C10H16F3NO3/c1-9(2,3)4-6(7(15)16)5-14-8(17)10(11,12)13/h6H,4-5H2,1-3H3,(H,14,17)(H,15,16). The van der Waals surface area contributed by atoms with Crippen molar-refractivity contribution in [2.75, 3.05) is 6.54 Å². The van der Waals surface area contributed by atoms with Crippen molar-refractivity contribution in [1.29, 1.82) is 0 Å². The molecule has 2 N–H and O–H groups in total. The van der Waals surface area contributed by atoms with Crippen LogP contribution in [0.5, 0.6) is 0 Å². The van der Waals surface area contributed by atoms with Gasteiger partial charge < -0.3 is 10.4 Å². The average Bonchev–Trinajstić information content (AvgIpc) is 2.07. The minimum absolute atomic E-state index is 0.181. The first kappa shape index (κ1) is 15.7. The molecule has 0 radical (unpaired) electrons. The van der Waals surface area contributed by atoms with Gasteiger partial charge in [-0.05, 0) is 11.8 Å². The summed E-state index contributed by atoms with van der Waals surface area (Å²) in [6.07, 6.45) is -4.80. The van der Waals surface area contributed by atoms with Crippen LogP contribution in [0.15, 0.2) is 0 Å². The Morgan fingerprint density at radius 2 is 1.71 bits per heavy atom. The van der Waals surface area contributed by atoms with E-state index >= 15 is 0 Å². The lowest BCUT2D eigenvalue weighted by Crippen LogP contribution is -2.41. The Bertz CT molecular complexity index is 294. The van der Waals surface area contributed by atoms with Crippen molar-refractivity contribution in [2.45, 2.75) is 33.4 Å². The largest absolute Gasteiger partial charge is 0.481 e. The number of carbonyl (C=O) groups is 2. The molecule has 17 heavy (non-hydrogen) atoms. The van der Waals surface area contributed by atoms with E-state index in [1.807, 2.05) is 0 Å². The van der Waals surface area contributed by atoms with Crippen molar-refractivity contribution in [3.63, 3.8) is 0 Å². The zero-order valence-corrected chi connectivity index (χ0v) is 9.89. The van der Waals surface area contributed by atoms with E-state index < -0.39 is 30.5 Å². The molecule has 100 valence electrons. The third-order valence-corrected chi connectivity index (χ3v) is 1.97. The first-order valence-corrected chi connectivity index (χ1v) is 5.01. The van der Waals surface area contributed by atoms with Gasteiger partial charge in [-0.15, -0.1) is 0 Å². The van der Waals surface area contributed by atoms with E-state index in [2.05, 4.69) is 0 Å². The van der Waals surface area contributed by atoms with Gasteiger partial charge in [-0.3, -0.25) is 9.59 Å². The van der Waals surface area contributed by atoms with Crippen molar-refractivity contribution in [3.05, 3.63) is 0 Å². The van der Waals surface area contributed by atoms with Gasteiger partial charge >= 0.3 is 18.1 Å². The van der Waals surface area contributed by atoms with Gasteiger partial charge in [0.1, 0.15) is 0 Å². The molecule has 0 aromatic rings. The summed E-state index contributed by atoms with van der Waals surface area (Å²) < 4.78 is 35.6. The molecule has 0 saturated carbocycles. The Hall–Kier alpha value is -1.27. The molecule has 0 aliphatic heterocycles. The van der Waals surface area contributed by atoms with Gasteiger partial charge in [0.15, 0.2) is 0 Å². The highest BCUT2D eigenvalue weighted by molar-refractivity contribution is 5.82. The molecular weight excluding hydrogens is 239 g/mol. The molecule has 0 aromatic heterocycles. The molecule has 0 rings (SSSR count). The topological polar surface area (TPSA) is 66.4 Å². The Balaban J connectivity index is 4.40. The van der Waals surface area contributed by atoms with Crippen molar-refractivity contribution in [1.82, 2.24) is 5.32 Å². The number of carboxylic acids is 1. The predicted octanol–water partition coefficient (Wildman–Crippen LogP) is 1.80. The van der Waals surface area contributed by atoms with Crippen LogP contribution in [0.4, 0.5) is 13.2 Å². The molecule has 0 spiro atoms. The molecule has 0 fully saturated rings. The highest BCUT2D eigenvalue weighted by Gasteiger charge is 2.39. The Labute approximate surface area is 97.2 Å². The SMILES string of the molecule is CC(C)(C)CC(CNC(=O)C(F)(F)F)C(=O)O. The maximum atomic E-state index is 11.9. The van der Waals surface area contributed by atoms with Crippen molar-refractivity contribution in [2.24, 2.45) is 11.3 Å². The van der Waals surface area contributed by atoms with Crippen LogP contribution in [-0.2, 0) is 9.59 Å². The monoisotopic (exact) mass is 255 g/mol. The quantitative estimate of drug-likeness (QED) is 0.805. The van der Waals surface area contributed by atoms with Crippen LogP contribution in [0.1, 0.15) is 27.2 Å². The molecule has 0 saturated heterocycles. The third-order valence-electron chi connectivity index (χ3n) is 1.97. The smallest absolute Gasteiger partial charge is 0.471 e. The van der Waals surface area contributed by atoms with Gasteiger partial charge in [0.05, 0.1) is 5.92 Å². The van der Waals surface area contributed by atoms with Gasteiger partial charge in [0, 0.05) is 6.54 Å². The molecule has 0 heterocycles. The highest BCUT2D eigenvalue weighted by atomic mass is 19.4. The summed E-state index contributed by atoms with van der Waals surface area (Å²) in [5, 5.41) is 10.4. The number of amides is 1. The normalized spacial score (nSPS) is 14.2. The van der Waals surface area contributed by atoms with E-state index in [9.17, 15) is 22.8 Å². The number of carboxylic acid groups (broad SMARTS) is 1. The minimum atomic E-state index is -4.98. The zero-order valence-electron chi connectivity index (χ0n) is 9.89. The molecular formula is C10H16F3NO3. The Morgan fingerprint density at radius 1 is 1.24 bits per heavy atom. The molecule has 7 heteroatoms. The summed E-state index contributed by atoms with van der Waals surface area (Å²) in [6.45, 7) is 4.79. The second-order valence-corrected chi connectivity index (χ2v) is 5.01. The second-order valence-electron chi connectivity index (χ2n) is 5.01. The number of hydrogen-bond donors (Lipinski definition) is 2. The van der Waals surface area contributed by atoms with E-state index in [1.54, 1.807) is 26.1 Å². The second kappa shape index (κ2) is 5.37. The predicted molar refractivity (Wildman–Crippen MR) is 54.3 cm³/mol. The fourth-order valence-corrected chi connectivity index (χ4v) is 1.30. The van der Waals surface area contributed by atoms with Crippen LogP contribution in [-0.4, -0.2) is 29.7 Å². The van der Waals surface area contributed by atoms with Gasteiger partial charge in [-0.25, -0.2) is 0 Å². The van der Waals surface area contributed by atoms with Crippen LogP contribution in [0.25, 0.3) is 0 Å². The molecule has 0 aliphatic carbocycles. The number of hydrogen-bond acceptors (Lipinski definition) is 2. The first-order valence-electron chi connectivity index (χ1n) is 5.01. The average molecular weight is 255 g/mol. The molecule has 1 unspecified atom stereocenters. The van der Waals surface area contributed by atoms with Crippen LogP contribution >= 0.6 is 0 Å².